The summed E-state index contributed by atoms with van der Waals surface area (Å²) in [7, 11) is 0. The Morgan fingerprint density at radius 2 is 2.10 bits per heavy atom. The molecule has 1 aliphatic heterocycles. The van der Waals surface area contributed by atoms with Crippen LogP contribution in [-0.4, -0.2) is 33.1 Å². The minimum atomic E-state index is -0.511. The average Bonchev–Trinajstić information content (AvgIpc) is 3.22. The fourth-order valence-electron chi connectivity index (χ4n) is 3.40. The molecule has 1 saturated heterocycles. The first kappa shape index (κ1) is 19.6. The van der Waals surface area contributed by atoms with Crippen molar-refractivity contribution in [2.45, 2.75) is 31.9 Å². The molecule has 9 heteroatoms. The number of nitrogen functional groups attached to an aromatic ring is 1. The molecule has 1 fully saturated rings. The quantitative estimate of drug-likeness (QED) is 0.657. The van der Waals surface area contributed by atoms with E-state index >= 15 is 0 Å². The van der Waals surface area contributed by atoms with Crippen LogP contribution in [0.4, 0.5) is 10.2 Å². The molecule has 4 rings (SSSR count). The van der Waals surface area contributed by atoms with Gasteiger partial charge in [0.05, 0.1) is 17.3 Å². The van der Waals surface area contributed by atoms with Crippen molar-refractivity contribution < 1.29 is 9.13 Å². The topological polar surface area (TPSA) is 90.9 Å². The zero-order chi connectivity index (χ0) is 20.4. The lowest BCUT2D eigenvalue weighted by molar-refractivity contribution is 0.227. The maximum Gasteiger partial charge on any atom is 0.166 e. The van der Waals surface area contributed by atoms with E-state index in [-0.39, 0.29) is 16.9 Å². The largest absolute Gasteiger partial charge is 0.482 e. The molecule has 0 aliphatic carbocycles. The van der Waals surface area contributed by atoms with Gasteiger partial charge in [-0.25, -0.2) is 9.37 Å². The predicted octanol–water partition coefficient (Wildman–Crippen LogP) is 3.78. The smallest absolute Gasteiger partial charge is 0.166 e. The highest BCUT2D eigenvalue weighted by molar-refractivity contribution is 6.31. The van der Waals surface area contributed by atoms with E-state index in [0.29, 0.717) is 17.0 Å². The number of nitrogens with one attached hydrogen (secondary N) is 1. The third-order valence-corrected chi connectivity index (χ3v) is 5.44. The molecule has 29 heavy (non-hydrogen) atoms. The number of hydrogen-bond donors (Lipinski definition) is 2. The third kappa shape index (κ3) is 4.18. The van der Waals surface area contributed by atoms with E-state index in [1.165, 1.54) is 6.07 Å². The number of pyridine rings is 1. The van der Waals surface area contributed by atoms with Crippen molar-refractivity contribution in [2.24, 2.45) is 0 Å². The number of hydrogen-bond acceptors (Lipinski definition) is 6. The van der Waals surface area contributed by atoms with E-state index in [1.54, 1.807) is 42.3 Å². The lowest BCUT2D eigenvalue weighted by Gasteiger charge is -2.21. The molecule has 0 radical (unpaired) electrons. The lowest BCUT2D eigenvalue weighted by atomic mass is 10.1. The molecule has 152 valence electrons. The lowest BCUT2D eigenvalue weighted by Crippen LogP contribution is -2.30. The van der Waals surface area contributed by atoms with Crippen LogP contribution in [0.15, 0.2) is 36.7 Å². The number of nitrogens with two attached hydrogens (primary N) is 1. The predicted molar refractivity (Wildman–Crippen MR) is 109 cm³/mol. The van der Waals surface area contributed by atoms with Gasteiger partial charge in [-0.15, -0.1) is 0 Å². The van der Waals surface area contributed by atoms with Gasteiger partial charge in [0.1, 0.15) is 17.6 Å². The van der Waals surface area contributed by atoms with Gasteiger partial charge in [0.25, 0.3) is 0 Å². The average molecular weight is 417 g/mol. The molecule has 1 aromatic carbocycles. The summed E-state index contributed by atoms with van der Waals surface area (Å²) in [6, 6.07) is 6.67. The Hall–Kier alpha value is -2.71. The summed E-state index contributed by atoms with van der Waals surface area (Å²) in [6.45, 7) is 3.70. The Kier molecular flexibility index (Phi) is 5.64. The fraction of sp³-hybridized carbons (Fsp3) is 0.350. The number of piperidine rings is 1. The van der Waals surface area contributed by atoms with Gasteiger partial charge in [0, 0.05) is 17.3 Å². The van der Waals surface area contributed by atoms with E-state index < -0.39 is 11.9 Å². The number of halogens is 2. The highest BCUT2D eigenvalue weighted by atomic mass is 35.5. The van der Waals surface area contributed by atoms with Crippen LogP contribution in [0.1, 0.15) is 37.5 Å². The fourth-order valence-corrected chi connectivity index (χ4v) is 3.68. The van der Waals surface area contributed by atoms with E-state index in [2.05, 4.69) is 20.5 Å². The molecule has 1 aliphatic rings. The molecule has 1 atom stereocenters. The number of aromatic nitrogens is 4. The molecule has 0 saturated carbocycles. The molecule has 0 unspecified atom stereocenters. The van der Waals surface area contributed by atoms with Gasteiger partial charge in [-0.05, 0) is 45.0 Å². The van der Waals surface area contributed by atoms with Gasteiger partial charge in [-0.2, -0.15) is 15.0 Å². The van der Waals surface area contributed by atoms with Gasteiger partial charge in [0.15, 0.2) is 11.6 Å². The first-order valence-electron chi connectivity index (χ1n) is 9.52. The first-order chi connectivity index (χ1) is 14.0. The van der Waals surface area contributed by atoms with Gasteiger partial charge in [-0.1, -0.05) is 23.7 Å². The Morgan fingerprint density at radius 1 is 1.31 bits per heavy atom. The second-order valence-electron chi connectivity index (χ2n) is 7.04. The number of ether oxygens (including phenoxy) is 1. The van der Waals surface area contributed by atoms with Crippen molar-refractivity contribution in [2.75, 3.05) is 18.8 Å². The van der Waals surface area contributed by atoms with Crippen LogP contribution in [0.2, 0.25) is 5.02 Å². The Labute approximate surface area is 173 Å². The molecule has 3 heterocycles. The molecule has 3 aromatic rings. The number of benzene rings is 1. The minimum absolute atomic E-state index is 0.0348. The molecular formula is C20H22ClFN6O. The van der Waals surface area contributed by atoms with E-state index in [0.717, 1.165) is 31.5 Å². The number of nitrogens with zero attached hydrogens (tertiary/aromatic N) is 4. The van der Waals surface area contributed by atoms with Crippen molar-refractivity contribution in [3.63, 3.8) is 0 Å². The van der Waals surface area contributed by atoms with E-state index in [1.807, 2.05) is 0 Å². The summed E-state index contributed by atoms with van der Waals surface area (Å²) < 4.78 is 19.7. The van der Waals surface area contributed by atoms with Gasteiger partial charge in [0.2, 0.25) is 0 Å². The molecule has 0 bridgehead atoms. The van der Waals surface area contributed by atoms with Crippen molar-refractivity contribution >= 4 is 17.4 Å². The Morgan fingerprint density at radius 3 is 2.90 bits per heavy atom. The highest BCUT2D eigenvalue weighted by Gasteiger charge is 2.19. The van der Waals surface area contributed by atoms with Gasteiger partial charge in [-0.3, -0.25) is 0 Å². The normalized spacial score (nSPS) is 16.0. The maximum atomic E-state index is 13.8. The number of rotatable bonds is 5. The zero-order valence-corrected chi connectivity index (χ0v) is 16.7. The van der Waals surface area contributed by atoms with Crippen LogP contribution in [0, 0.1) is 5.82 Å². The molecule has 0 amide bonds. The van der Waals surface area contributed by atoms with Crippen LogP contribution in [-0.2, 0) is 0 Å². The molecule has 3 N–H and O–H groups in total. The second-order valence-corrected chi connectivity index (χ2v) is 7.42. The van der Waals surface area contributed by atoms with Crippen molar-refractivity contribution in [3.8, 4) is 17.0 Å². The third-order valence-electron chi connectivity index (χ3n) is 5.04. The SMILES string of the molecule is C[C@@H](Oc1cc(-c2cnn(C3CCNCC3)n2)cnc1N)c1cccc(F)c1Cl. The van der Waals surface area contributed by atoms with Crippen molar-refractivity contribution in [3.05, 3.63) is 53.1 Å². The summed E-state index contributed by atoms with van der Waals surface area (Å²) in [4.78, 5) is 5.99. The maximum absolute atomic E-state index is 13.8. The van der Waals surface area contributed by atoms with Crippen molar-refractivity contribution in [1.29, 1.82) is 0 Å². The Balaban J connectivity index is 1.56. The molecular weight excluding hydrogens is 395 g/mol. The molecule has 2 aromatic heterocycles. The van der Waals surface area contributed by atoms with Crippen LogP contribution in [0.25, 0.3) is 11.3 Å². The minimum Gasteiger partial charge on any atom is -0.482 e. The summed E-state index contributed by atoms with van der Waals surface area (Å²) in [5.41, 5.74) is 7.96. The highest BCUT2D eigenvalue weighted by Crippen LogP contribution is 2.33. The van der Waals surface area contributed by atoms with Gasteiger partial charge < -0.3 is 15.8 Å². The van der Waals surface area contributed by atoms with Crippen LogP contribution in [0.5, 0.6) is 5.75 Å². The van der Waals surface area contributed by atoms with Gasteiger partial charge >= 0.3 is 0 Å². The Bertz CT molecular complexity index is 1000. The molecule has 7 nitrogen and oxygen atoms in total. The summed E-state index contributed by atoms with van der Waals surface area (Å²) in [5, 5.41) is 12.4. The second kappa shape index (κ2) is 8.34. The summed E-state index contributed by atoms with van der Waals surface area (Å²) >= 11 is 6.07. The van der Waals surface area contributed by atoms with Crippen LogP contribution < -0.4 is 15.8 Å². The van der Waals surface area contributed by atoms with Crippen LogP contribution >= 0.6 is 11.6 Å². The van der Waals surface area contributed by atoms with E-state index in [4.69, 9.17) is 22.1 Å². The molecule has 0 spiro atoms. The van der Waals surface area contributed by atoms with Crippen LogP contribution in [0.3, 0.4) is 0 Å². The zero-order valence-electron chi connectivity index (χ0n) is 16.0. The van der Waals surface area contributed by atoms with Crippen molar-refractivity contribution in [1.82, 2.24) is 25.3 Å². The summed E-state index contributed by atoms with van der Waals surface area (Å²) in [5.74, 6) is 0.125. The standard InChI is InChI=1S/C20H22ClFN6O/c1-12(15-3-2-4-16(22)19(15)21)29-18-9-13(10-25-20(18)23)17-11-26-28(27-17)14-5-7-24-8-6-14/h2-4,9-12,14,24H,5-8H2,1H3,(H2,23,25)/t12-/m1/s1. The summed E-state index contributed by atoms with van der Waals surface area (Å²) in [6.07, 6.45) is 4.83. The number of anilines is 1. The first-order valence-corrected chi connectivity index (χ1v) is 9.89. The van der Waals surface area contributed by atoms with E-state index in [9.17, 15) is 4.39 Å². The monoisotopic (exact) mass is 416 g/mol.